The second-order valence-electron chi connectivity index (χ2n) is 4.71. The van der Waals surface area contributed by atoms with Crippen molar-refractivity contribution in [3.05, 3.63) is 65.5 Å². The highest BCUT2D eigenvalue weighted by Gasteiger charge is 2.17. The quantitative estimate of drug-likeness (QED) is 0.913. The van der Waals surface area contributed by atoms with Crippen molar-refractivity contribution < 1.29 is 13.9 Å². The molecule has 0 aliphatic carbocycles. The van der Waals surface area contributed by atoms with Gasteiger partial charge in [-0.1, -0.05) is 12.1 Å². The lowest BCUT2D eigenvalue weighted by atomic mass is 10.1. The van der Waals surface area contributed by atoms with Crippen LogP contribution in [0.25, 0.3) is 0 Å². The monoisotopic (exact) mass is 278 g/mol. The van der Waals surface area contributed by atoms with Crippen LogP contribution in [0.4, 0.5) is 8.78 Å². The average molecular weight is 278 g/mol. The normalized spacial score (nSPS) is 12.7. The maximum atomic E-state index is 13.6. The summed E-state index contributed by atoms with van der Waals surface area (Å²) in [5.41, 5.74) is 1.01. The van der Waals surface area contributed by atoms with Crippen LogP contribution in [0.15, 0.2) is 42.7 Å². The highest BCUT2D eigenvalue weighted by atomic mass is 19.2. The smallest absolute Gasteiger partial charge is 0.164 e. The molecular weight excluding hydrogens is 262 g/mol. The first kappa shape index (κ1) is 14.6. The van der Waals surface area contributed by atoms with Crippen LogP contribution in [0.1, 0.15) is 17.2 Å². The molecule has 1 unspecified atom stereocenters. The molecule has 0 bridgehead atoms. The molecule has 1 N–H and O–H groups in total. The zero-order chi connectivity index (χ0) is 14.5. The predicted molar refractivity (Wildman–Crippen MR) is 71.9 cm³/mol. The first-order valence-electron chi connectivity index (χ1n) is 6.27. The van der Waals surface area contributed by atoms with Gasteiger partial charge in [0.15, 0.2) is 11.6 Å². The van der Waals surface area contributed by atoms with Gasteiger partial charge in [-0.15, -0.1) is 0 Å². The van der Waals surface area contributed by atoms with Gasteiger partial charge in [-0.2, -0.15) is 0 Å². The molecule has 0 aliphatic rings. The van der Waals surface area contributed by atoms with Gasteiger partial charge < -0.3 is 5.11 Å². The number of aliphatic hydroxyl groups excluding tert-OH is 1. The van der Waals surface area contributed by atoms with Crippen LogP contribution in [0, 0.1) is 11.6 Å². The summed E-state index contributed by atoms with van der Waals surface area (Å²) in [5, 5.41) is 10.0. The number of aliphatic hydroxyl groups is 1. The Balaban J connectivity index is 2.00. The van der Waals surface area contributed by atoms with E-state index < -0.39 is 17.7 Å². The lowest BCUT2D eigenvalue weighted by Crippen LogP contribution is -2.24. The van der Waals surface area contributed by atoms with Gasteiger partial charge in [-0.25, -0.2) is 8.78 Å². The average Bonchev–Trinajstić information content (AvgIpc) is 2.42. The van der Waals surface area contributed by atoms with Crippen LogP contribution in [-0.4, -0.2) is 28.6 Å². The molecule has 0 fully saturated rings. The molecule has 0 spiro atoms. The molecule has 2 aromatic rings. The Labute approximate surface area is 116 Å². The van der Waals surface area contributed by atoms with Gasteiger partial charge in [0.2, 0.25) is 0 Å². The molecule has 1 aromatic heterocycles. The Morgan fingerprint density at radius 1 is 1.20 bits per heavy atom. The molecule has 0 saturated carbocycles. The van der Waals surface area contributed by atoms with Crippen LogP contribution >= 0.6 is 0 Å². The maximum Gasteiger partial charge on any atom is 0.164 e. The van der Waals surface area contributed by atoms with E-state index in [2.05, 4.69) is 4.98 Å². The summed E-state index contributed by atoms with van der Waals surface area (Å²) in [7, 11) is 1.81. The lowest BCUT2D eigenvalue weighted by molar-refractivity contribution is 0.119. The third-order valence-corrected chi connectivity index (χ3v) is 3.03. The highest BCUT2D eigenvalue weighted by Crippen LogP contribution is 2.20. The second-order valence-corrected chi connectivity index (χ2v) is 4.71. The van der Waals surface area contributed by atoms with E-state index in [-0.39, 0.29) is 12.1 Å². The van der Waals surface area contributed by atoms with Crippen LogP contribution < -0.4 is 0 Å². The van der Waals surface area contributed by atoms with Crippen molar-refractivity contribution in [3.8, 4) is 0 Å². The fraction of sp³-hybridized carbons (Fsp3) is 0.267. The summed E-state index contributed by atoms with van der Waals surface area (Å²) in [5.74, 6) is -1.93. The minimum Gasteiger partial charge on any atom is -0.387 e. The van der Waals surface area contributed by atoms with Crippen molar-refractivity contribution in [1.82, 2.24) is 9.88 Å². The summed E-state index contributed by atoms with van der Waals surface area (Å²) in [6, 6.07) is 7.55. The summed E-state index contributed by atoms with van der Waals surface area (Å²) in [4.78, 5) is 5.76. The molecule has 2 rings (SSSR count). The molecule has 3 nitrogen and oxygen atoms in total. The third-order valence-electron chi connectivity index (χ3n) is 3.03. The van der Waals surface area contributed by atoms with E-state index in [4.69, 9.17) is 0 Å². The first-order chi connectivity index (χ1) is 9.58. The number of likely N-dealkylation sites (N-methyl/N-ethyl adjacent to an activating group) is 1. The number of aromatic nitrogens is 1. The van der Waals surface area contributed by atoms with Crippen LogP contribution in [0.5, 0.6) is 0 Å². The van der Waals surface area contributed by atoms with E-state index in [1.807, 2.05) is 17.0 Å². The molecular formula is C15H16F2N2O. The summed E-state index contributed by atoms with van der Waals surface area (Å²) >= 11 is 0. The number of hydrogen-bond acceptors (Lipinski definition) is 3. The molecule has 5 heteroatoms. The fourth-order valence-corrected chi connectivity index (χ4v) is 2.04. The van der Waals surface area contributed by atoms with Crippen molar-refractivity contribution in [2.24, 2.45) is 0 Å². The van der Waals surface area contributed by atoms with Gasteiger partial charge in [0.1, 0.15) is 0 Å². The van der Waals surface area contributed by atoms with Gasteiger partial charge in [-0.3, -0.25) is 9.88 Å². The Bertz CT molecular complexity index is 563. The Hall–Kier alpha value is -1.85. The van der Waals surface area contributed by atoms with E-state index in [9.17, 15) is 13.9 Å². The van der Waals surface area contributed by atoms with Gasteiger partial charge in [-0.05, 0) is 30.8 Å². The first-order valence-corrected chi connectivity index (χ1v) is 6.27. The van der Waals surface area contributed by atoms with Gasteiger partial charge in [0.25, 0.3) is 0 Å². The lowest BCUT2D eigenvalue weighted by Gasteiger charge is -2.21. The SMILES string of the molecule is CN(Cc1ccncc1)CC(O)c1cccc(F)c1F. The number of rotatable bonds is 5. The molecule has 0 radical (unpaired) electrons. The summed E-state index contributed by atoms with van der Waals surface area (Å²) < 4.78 is 26.7. The minimum absolute atomic E-state index is 0.0217. The van der Waals surface area contributed by atoms with Crippen molar-refractivity contribution >= 4 is 0 Å². The van der Waals surface area contributed by atoms with E-state index in [1.54, 1.807) is 19.4 Å². The largest absolute Gasteiger partial charge is 0.387 e. The number of pyridine rings is 1. The van der Waals surface area contributed by atoms with Gasteiger partial charge >= 0.3 is 0 Å². The summed E-state index contributed by atoms with van der Waals surface area (Å²) in [6.07, 6.45) is 2.30. The van der Waals surface area contributed by atoms with Crippen LogP contribution in [-0.2, 0) is 6.54 Å². The number of nitrogens with zero attached hydrogens (tertiary/aromatic N) is 2. The van der Waals surface area contributed by atoms with Crippen LogP contribution in [0.3, 0.4) is 0 Å². The maximum absolute atomic E-state index is 13.6. The van der Waals surface area contributed by atoms with E-state index >= 15 is 0 Å². The van der Waals surface area contributed by atoms with E-state index in [1.165, 1.54) is 12.1 Å². The Kier molecular flexibility index (Phi) is 4.76. The van der Waals surface area contributed by atoms with Gasteiger partial charge in [0.05, 0.1) is 6.10 Å². The minimum atomic E-state index is -1.07. The van der Waals surface area contributed by atoms with Crippen LogP contribution in [0.2, 0.25) is 0 Å². The van der Waals surface area contributed by atoms with Crippen molar-refractivity contribution in [1.29, 1.82) is 0 Å². The van der Waals surface area contributed by atoms with E-state index in [0.29, 0.717) is 6.54 Å². The Morgan fingerprint density at radius 2 is 1.90 bits per heavy atom. The molecule has 0 amide bonds. The van der Waals surface area contributed by atoms with E-state index in [0.717, 1.165) is 11.6 Å². The topological polar surface area (TPSA) is 36.4 Å². The molecule has 1 atom stereocenters. The number of hydrogen-bond donors (Lipinski definition) is 1. The third kappa shape index (κ3) is 3.59. The number of halogens is 2. The zero-order valence-corrected chi connectivity index (χ0v) is 11.1. The second kappa shape index (κ2) is 6.54. The predicted octanol–water partition coefficient (Wildman–Crippen LogP) is 2.53. The standard InChI is InChI=1S/C15H16F2N2O/c1-19(9-11-5-7-18-8-6-11)10-14(20)12-3-2-4-13(16)15(12)17/h2-8,14,20H,9-10H2,1H3. The Morgan fingerprint density at radius 3 is 2.60 bits per heavy atom. The highest BCUT2D eigenvalue weighted by molar-refractivity contribution is 5.21. The molecule has 106 valence electrons. The molecule has 0 saturated heterocycles. The molecule has 20 heavy (non-hydrogen) atoms. The summed E-state index contributed by atoms with van der Waals surface area (Å²) in [6.45, 7) is 0.805. The molecule has 1 heterocycles. The number of benzene rings is 1. The molecule has 0 aliphatic heterocycles. The molecule has 1 aromatic carbocycles. The van der Waals surface area contributed by atoms with Gasteiger partial charge in [0, 0.05) is 31.0 Å². The van der Waals surface area contributed by atoms with Crippen molar-refractivity contribution in [2.45, 2.75) is 12.6 Å². The zero-order valence-electron chi connectivity index (χ0n) is 11.1. The van der Waals surface area contributed by atoms with Crippen molar-refractivity contribution in [3.63, 3.8) is 0 Å². The fourth-order valence-electron chi connectivity index (χ4n) is 2.04. The van der Waals surface area contributed by atoms with Crippen molar-refractivity contribution in [2.75, 3.05) is 13.6 Å².